The number of anilines is 1. The molecule has 28 heavy (non-hydrogen) atoms. The molecule has 1 N–H and O–H groups in total. The maximum Gasteiger partial charge on any atom is 0.165 e. The summed E-state index contributed by atoms with van der Waals surface area (Å²) in [5, 5.41) is 11.9. The number of benzene rings is 2. The topological polar surface area (TPSA) is 66.1 Å². The highest BCUT2D eigenvalue weighted by molar-refractivity contribution is 5.47. The van der Waals surface area contributed by atoms with Crippen molar-refractivity contribution in [3.05, 3.63) is 78.9 Å². The third-order valence-corrected chi connectivity index (χ3v) is 4.24. The van der Waals surface area contributed by atoms with E-state index >= 15 is 0 Å². The number of ether oxygens (including phenoxy) is 2. The van der Waals surface area contributed by atoms with Gasteiger partial charge in [0.1, 0.15) is 11.5 Å². The summed E-state index contributed by atoms with van der Waals surface area (Å²) in [7, 11) is 3.51. The maximum atomic E-state index is 5.75. The number of aryl methyl sites for hydroxylation is 1. The highest BCUT2D eigenvalue weighted by atomic mass is 16.5. The minimum Gasteiger partial charge on any atom is -0.497 e. The third-order valence-electron chi connectivity index (χ3n) is 4.24. The second kappa shape index (κ2) is 7.87. The van der Waals surface area contributed by atoms with E-state index in [-0.39, 0.29) is 0 Å². The number of nitrogens with one attached hydrogen (secondary N) is 1. The first-order chi connectivity index (χ1) is 13.7. The molecule has 0 spiro atoms. The van der Waals surface area contributed by atoms with Gasteiger partial charge in [-0.25, -0.2) is 4.68 Å². The van der Waals surface area contributed by atoms with Gasteiger partial charge in [-0.2, -0.15) is 10.2 Å². The summed E-state index contributed by atoms with van der Waals surface area (Å²) in [6, 6.07) is 15.6. The van der Waals surface area contributed by atoms with Gasteiger partial charge in [-0.1, -0.05) is 0 Å². The molecule has 2 heterocycles. The van der Waals surface area contributed by atoms with Crippen LogP contribution in [0, 0.1) is 0 Å². The molecular formula is C21H21N5O2. The first kappa shape index (κ1) is 17.7. The van der Waals surface area contributed by atoms with E-state index in [0.29, 0.717) is 12.3 Å². The van der Waals surface area contributed by atoms with Crippen molar-refractivity contribution in [2.75, 3.05) is 12.4 Å². The van der Waals surface area contributed by atoms with Crippen molar-refractivity contribution in [1.82, 2.24) is 19.6 Å². The van der Waals surface area contributed by atoms with Crippen LogP contribution in [0.15, 0.2) is 73.3 Å². The molecule has 142 valence electrons. The number of hydrogen-bond acceptors (Lipinski definition) is 5. The maximum absolute atomic E-state index is 5.75. The van der Waals surface area contributed by atoms with Crippen LogP contribution in [0.2, 0.25) is 0 Å². The normalized spacial score (nSPS) is 10.6. The molecule has 0 saturated carbocycles. The molecule has 0 radical (unpaired) electrons. The van der Waals surface area contributed by atoms with Gasteiger partial charge in [-0.3, -0.25) is 4.68 Å². The summed E-state index contributed by atoms with van der Waals surface area (Å²) >= 11 is 0. The fraction of sp³-hybridized carbons (Fsp3) is 0.143. The zero-order chi connectivity index (χ0) is 19.3. The molecule has 4 rings (SSSR count). The van der Waals surface area contributed by atoms with Crippen LogP contribution < -0.4 is 14.8 Å². The molecule has 0 aliphatic heterocycles. The lowest BCUT2D eigenvalue weighted by atomic mass is 10.2. The Morgan fingerprint density at radius 2 is 1.61 bits per heavy atom. The summed E-state index contributed by atoms with van der Waals surface area (Å²) in [5.74, 6) is 2.31. The van der Waals surface area contributed by atoms with E-state index in [0.717, 1.165) is 28.4 Å². The molecule has 0 aliphatic carbocycles. The van der Waals surface area contributed by atoms with Crippen molar-refractivity contribution in [3.8, 4) is 22.9 Å². The number of hydrogen-bond donors (Lipinski definition) is 1. The SMILES string of the molecule is COc1ccc(-n2cc(CNc3ccc(Oc4cnn(C)c4)cc3)cn2)cc1. The number of aromatic nitrogens is 4. The van der Waals surface area contributed by atoms with Crippen LogP contribution in [0.5, 0.6) is 17.2 Å². The Balaban J connectivity index is 1.34. The van der Waals surface area contributed by atoms with Gasteiger partial charge in [-0.05, 0) is 48.5 Å². The van der Waals surface area contributed by atoms with E-state index in [1.54, 1.807) is 18.0 Å². The zero-order valence-corrected chi connectivity index (χ0v) is 15.7. The Kier molecular flexibility index (Phi) is 4.97. The molecule has 0 fully saturated rings. The Hall–Kier alpha value is -3.74. The second-order valence-electron chi connectivity index (χ2n) is 6.32. The average Bonchev–Trinajstić information content (AvgIpc) is 3.36. The lowest BCUT2D eigenvalue weighted by Crippen LogP contribution is -1.98. The van der Waals surface area contributed by atoms with Crippen LogP contribution in [-0.2, 0) is 13.6 Å². The minimum absolute atomic E-state index is 0.680. The van der Waals surface area contributed by atoms with Crippen molar-refractivity contribution in [2.45, 2.75) is 6.54 Å². The van der Waals surface area contributed by atoms with Gasteiger partial charge in [0.05, 0.1) is 31.4 Å². The standard InChI is InChI=1S/C21H21N5O2/c1-25-15-21(13-23-25)28-20-7-3-17(4-8-20)22-11-16-12-24-26(14-16)18-5-9-19(27-2)10-6-18/h3-10,12-15,22H,11H2,1-2H3. The predicted octanol–water partition coefficient (Wildman–Crippen LogP) is 4.02. The van der Waals surface area contributed by atoms with Gasteiger partial charge in [0.25, 0.3) is 0 Å². The molecule has 0 unspecified atom stereocenters. The van der Waals surface area contributed by atoms with Gasteiger partial charge in [0, 0.05) is 31.0 Å². The third kappa shape index (κ3) is 4.15. The molecular weight excluding hydrogens is 354 g/mol. The Morgan fingerprint density at radius 1 is 0.857 bits per heavy atom. The van der Waals surface area contributed by atoms with E-state index in [9.17, 15) is 0 Å². The Labute approximate surface area is 163 Å². The summed E-state index contributed by atoms with van der Waals surface area (Å²) < 4.78 is 14.5. The molecule has 0 aliphatic rings. The van der Waals surface area contributed by atoms with Crippen LogP contribution in [0.1, 0.15) is 5.56 Å². The Bertz CT molecular complexity index is 1040. The first-order valence-corrected chi connectivity index (χ1v) is 8.88. The highest BCUT2D eigenvalue weighted by Gasteiger charge is 2.03. The molecule has 7 nitrogen and oxygen atoms in total. The number of methoxy groups -OCH3 is 1. The smallest absolute Gasteiger partial charge is 0.165 e. The summed E-state index contributed by atoms with van der Waals surface area (Å²) in [5.41, 5.74) is 3.09. The predicted molar refractivity (Wildman–Crippen MR) is 107 cm³/mol. The zero-order valence-electron chi connectivity index (χ0n) is 15.7. The minimum atomic E-state index is 0.680. The van der Waals surface area contributed by atoms with E-state index in [1.807, 2.05) is 78.9 Å². The van der Waals surface area contributed by atoms with Crippen molar-refractivity contribution < 1.29 is 9.47 Å². The van der Waals surface area contributed by atoms with Crippen molar-refractivity contribution in [2.24, 2.45) is 7.05 Å². The fourth-order valence-corrected chi connectivity index (χ4v) is 2.76. The fourth-order valence-electron chi connectivity index (χ4n) is 2.76. The van der Waals surface area contributed by atoms with Gasteiger partial charge < -0.3 is 14.8 Å². The number of nitrogens with zero attached hydrogens (tertiary/aromatic N) is 4. The van der Waals surface area contributed by atoms with Crippen molar-refractivity contribution >= 4 is 5.69 Å². The van der Waals surface area contributed by atoms with Gasteiger partial charge in [0.2, 0.25) is 0 Å². The molecule has 0 bridgehead atoms. The van der Waals surface area contributed by atoms with E-state index < -0.39 is 0 Å². The lowest BCUT2D eigenvalue weighted by molar-refractivity contribution is 0.414. The number of rotatable bonds is 7. The van der Waals surface area contributed by atoms with Crippen LogP contribution in [-0.4, -0.2) is 26.7 Å². The molecule has 7 heteroatoms. The quantitative estimate of drug-likeness (QED) is 0.528. The monoisotopic (exact) mass is 375 g/mol. The van der Waals surface area contributed by atoms with Gasteiger partial charge in [0.15, 0.2) is 5.75 Å². The van der Waals surface area contributed by atoms with E-state index in [2.05, 4.69) is 15.5 Å². The van der Waals surface area contributed by atoms with E-state index in [1.165, 1.54) is 0 Å². The summed E-state index contributed by atoms with van der Waals surface area (Å²) in [4.78, 5) is 0. The lowest BCUT2D eigenvalue weighted by Gasteiger charge is -2.07. The van der Waals surface area contributed by atoms with Crippen LogP contribution in [0.3, 0.4) is 0 Å². The molecule has 2 aromatic carbocycles. The highest BCUT2D eigenvalue weighted by Crippen LogP contribution is 2.22. The average molecular weight is 375 g/mol. The van der Waals surface area contributed by atoms with Crippen LogP contribution >= 0.6 is 0 Å². The van der Waals surface area contributed by atoms with Crippen LogP contribution in [0.4, 0.5) is 5.69 Å². The molecule has 0 saturated heterocycles. The molecule has 0 atom stereocenters. The summed E-state index contributed by atoms with van der Waals surface area (Å²) in [6.45, 7) is 0.680. The first-order valence-electron chi connectivity index (χ1n) is 8.88. The second-order valence-corrected chi connectivity index (χ2v) is 6.32. The Morgan fingerprint density at radius 3 is 2.29 bits per heavy atom. The van der Waals surface area contributed by atoms with Crippen molar-refractivity contribution in [3.63, 3.8) is 0 Å². The van der Waals surface area contributed by atoms with Gasteiger partial charge in [-0.15, -0.1) is 0 Å². The van der Waals surface area contributed by atoms with E-state index in [4.69, 9.17) is 9.47 Å². The largest absolute Gasteiger partial charge is 0.497 e. The molecule has 0 amide bonds. The summed E-state index contributed by atoms with van der Waals surface area (Å²) in [6.07, 6.45) is 7.38. The molecule has 2 aromatic heterocycles. The molecule has 4 aromatic rings. The van der Waals surface area contributed by atoms with Gasteiger partial charge >= 0.3 is 0 Å². The van der Waals surface area contributed by atoms with Crippen LogP contribution in [0.25, 0.3) is 5.69 Å². The van der Waals surface area contributed by atoms with Crippen molar-refractivity contribution in [1.29, 1.82) is 0 Å².